The molecule has 1 aromatic carbocycles. The molecule has 90 valence electrons. The van der Waals surface area contributed by atoms with E-state index in [1.807, 2.05) is 0 Å². The van der Waals surface area contributed by atoms with Crippen molar-refractivity contribution in [2.24, 2.45) is 0 Å². The summed E-state index contributed by atoms with van der Waals surface area (Å²) < 4.78 is 10.6. The predicted octanol–water partition coefficient (Wildman–Crippen LogP) is 1.50. The van der Waals surface area contributed by atoms with Gasteiger partial charge in [-0.1, -0.05) is 0 Å². The Hall–Kier alpha value is -2.11. The van der Waals surface area contributed by atoms with Crippen LogP contribution in [0.4, 0.5) is 5.69 Å². The summed E-state index contributed by atoms with van der Waals surface area (Å²) in [6.45, 7) is 2.17. The lowest BCUT2D eigenvalue weighted by Gasteiger charge is -2.18. The zero-order valence-electron chi connectivity index (χ0n) is 9.26. The van der Waals surface area contributed by atoms with Gasteiger partial charge in [0.05, 0.1) is 11.0 Å². The normalized spacial score (nSPS) is 13.2. The molecule has 6 heteroatoms. The number of nitro groups is 1. The van der Waals surface area contributed by atoms with Crippen LogP contribution >= 0.6 is 0 Å². The van der Waals surface area contributed by atoms with E-state index in [9.17, 15) is 14.9 Å². The number of Topliss-reactive ketones (excluding diaryl/α,β-unsaturated/α-hetero) is 1. The number of fused-ring (bicyclic) bond motifs is 1. The van der Waals surface area contributed by atoms with Gasteiger partial charge in [-0.05, 0) is 13.0 Å². The topological polar surface area (TPSA) is 78.7 Å². The van der Waals surface area contributed by atoms with Crippen molar-refractivity contribution in [1.82, 2.24) is 0 Å². The minimum Gasteiger partial charge on any atom is -0.486 e. The molecule has 0 saturated heterocycles. The maximum atomic E-state index is 11.1. The van der Waals surface area contributed by atoms with Crippen LogP contribution in [0.25, 0.3) is 0 Å². The van der Waals surface area contributed by atoms with Crippen molar-refractivity contribution in [3.63, 3.8) is 0 Å². The van der Waals surface area contributed by atoms with E-state index in [0.717, 1.165) is 0 Å². The van der Waals surface area contributed by atoms with Crippen LogP contribution in [0.2, 0.25) is 0 Å². The molecule has 0 amide bonds. The highest BCUT2D eigenvalue weighted by molar-refractivity contribution is 5.80. The van der Waals surface area contributed by atoms with Gasteiger partial charge in [0, 0.05) is 12.0 Å². The molecule has 17 heavy (non-hydrogen) atoms. The standard InChI is InChI=1S/C11H11NO5/c1-7(13)4-8-5-10-11(17-3-2-16-10)6-9(8)12(14)15/h5-6H,2-4H2,1H3. The molecule has 0 unspecified atom stereocenters. The Labute approximate surface area is 97.3 Å². The number of nitrogens with zero attached hydrogens (tertiary/aromatic N) is 1. The summed E-state index contributed by atoms with van der Waals surface area (Å²) >= 11 is 0. The van der Waals surface area contributed by atoms with E-state index >= 15 is 0 Å². The van der Waals surface area contributed by atoms with Crippen molar-refractivity contribution in [2.75, 3.05) is 13.2 Å². The van der Waals surface area contributed by atoms with Gasteiger partial charge in [-0.3, -0.25) is 14.9 Å². The highest BCUT2D eigenvalue weighted by Gasteiger charge is 2.22. The summed E-state index contributed by atoms with van der Waals surface area (Å²) in [7, 11) is 0. The van der Waals surface area contributed by atoms with Crippen molar-refractivity contribution in [3.05, 3.63) is 27.8 Å². The van der Waals surface area contributed by atoms with E-state index in [1.165, 1.54) is 19.1 Å². The number of rotatable bonds is 3. The number of nitro benzene ring substituents is 1. The summed E-state index contributed by atoms with van der Waals surface area (Å²) in [4.78, 5) is 21.4. The van der Waals surface area contributed by atoms with Crippen molar-refractivity contribution < 1.29 is 19.2 Å². The van der Waals surface area contributed by atoms with Gasteiger partial charge in [0.25, 0.3) is 5.69 Å². The zero-order valence-corrected chi connectivity index (χ0v) is 9.26. The Balaban J connectivity index is 2.47. The van der Waals surface area contributed by atoms with Gasteiger partial charge < -0.3 is 9.47 Å². The number of benzene rings is 1. The SMILES string of the molecule is CC(=O)Cc1cc2c(cc1[N+](=O)[O-])OCCO2. The van der Waals surface area contributed by atoms with Crippen molar-refractivity contribution in [3.8, 4) is 11.5 Å². The van der Waals surface area contributed by atoms with Crippen LogP contribution in [0, 0.1) is 10.1 Å². The Morgan fingerprint density at radius 1 is 1.35 bits per heavy atom. The molecule has 0 bridgehead atoms. The number of ketones is 1. The lowest BCUT2D eigenvalue weighted by molar-refractivity contribution is -0.385. The van der Waals surface area contributed by atoms with Crippen LogP contribution in [-0.4, -0.2) is 23.9 Å². The smallest absolute Gasteiger partial charge is 0.277 e. The molecule has 0 atom stereocenters. The Bertz CT molecular complexity index is 483. The van der Waals surface area contributed by atoms with Gasteiger partial charge >= 0.3 is 0 Å². The molecule has 0 N–H and O–H groups in total. The number of carbonyl (C=O) groups excluding carboxylic acids is 1. The third-order valence-corrected chi connectivity index (χ3v) is 2.38. The van der Waals surface area contributed by atoms with E-state index in [-0.39, 0.29) is 17.9 Å². The van der Waals surface area contributed by atoms with Crippen LogP contribution in [0.1, 0.15) is 12.5 Å². The molecule has 6 nitrogen and oxygen atoms in total. The monoisotopic (exact) mass is 237 g/mol. The van der Waals surface area contributed by atoms with Crippen molar-refractivity contribution in [2.45, 2.75) is 13.3 Å². The fraction of sp³-hybridized carbons (Fsp3) is 0.364. The molecule has 0 spiro atoms. The van der Waals surface area contributed by atoms with Gasteiger partial charge in [0.1, 0.15) is 19.0 Å². The van der Waals surface area contributed by atoms with E-state index < -0.39 is 4.92 Å². The van der Waals surface area contributed by atoms with Gasteiger partial charge in [0.2, 0.25) is 0 Å². The fourth-order valence-corrected chi connectivity index (χ4v) is 1.70. The average molecular weight is 237 g/mol. The van der Waals surface area contributed by atoms with Gasteiger partial charge in [-0.25, -0.2) is 0 Å². The molecule has 1 aliphatic heterocycles. The molecule has 0 fully saturated rings. The summed E-state index contributed by atoms with van der Waals surface area (Å²) in [5.74, 6) is 0.679. The van der Waals surface area contributed by atoms with E-state index in [4.69, 9.17) is 9.47 Å². The Kier molecular flexibility index (Phi) is 2.95. The molecule has 1 heterocycles. The van der Waals surface area contributed by atoms with Gasteiger partial charge in [-0.2, -0.15) is 0 Å². The molecular weight excluding hydrogens is 226 g/mol. The molecular formula is C11H11NO5. The molecule has 0 saturated carbocycles. The number of hydrogen-bond acceptors (Lipinski definition) is 5. The second kappa shape index (κ2) is 4.40. The third kappa shape index (κ3) is 2.35. The van der Waals surface area contributed by atoms with E-state index in [1.54, 1.807) is 0 Å². The lowest BCUT2D eigenvalue weighted by Crippen LogP contribution is -2.16. The third-order valence-electron chi connectivity index (χ3n) is 2.38. The van der Waals surface area contributed by atoms with E-state index in [0.29, 0.717) is 30.3 Å². The van der Waals surface area contributed by atoms with E-state index in [2.05, 4.69) is 0 Å². The molecule has 2 rings (SSSR count). The summed E-state index contributed by atoms with van der Waals surface area (Å²) in [6.07, 6.45) is 0.0208. The molecule has 0 radical (unpaired) electrons. The fourth-order valence-electron chi connectivity index (χ4n) is 1.70. The molecule has 1 aliphatic rings. The van der Waals surface area contributed by atoms with Gasteiger partial charge in [-0.15, -0.1) is 0 Å². The Morgan fingerprint density at radius 2 is 1.94 bits per heavy atom. The molecule has 0 aromatic heterocycles. The second-order valence-corrected chi connectivity index (χ2v) is 3.76. The summed E-state index contributed by atoms with van der Waals surface area (Å²) in [5.41, 5.74) is 0.246. The molecule has 0 aliphatic carbocycles. The maximum absolute atomic E-state index is 11.1. The Morgan fingerprint density at radius 3 is 2.47 bits per heavy atom. The minimum atomic E-state index is -0.517. The van der Waals surface area contributed by atoms with Crippen LogP contribution in [0.15, 0.2) is 12.1 Å². The summed E-state index contributed by atoms with van der Waals surface area (Å²) in [5, 5.41) is 10.9. The van der Waals surface area contributed by atoms with Crippen LogP contribution < -0.4 is 9.47 Å². The number of carbonyl (C=O) groups is 1. The first-order valence-electron chi connectivity index (χ1n) is 5.14. The first kappa shape index (κ1) is 11.4. The molecule has 1 aromatic rings. The number of ether oxygens (including phenoxy) is 2. The second-order valence-electron chi connectivity index (χ2n) is 3.76. The highest BCUT2D eigenvalue weighted by Crippen LogP contribution is 2.36. The van der Waals surface area contributed by atoms with Gasteiger partial charge in [0.15, 0.2) is 11.5 Å². The number of hydrogen-bond donors (Lipinski definition) is 0. The first-order valence-corrected chi connectivity index (χ1v) is 5.14. The minimum absolute atomic E-state index is 0.0208. The predicted molar refractivity (Wildman–Crippen MR) is 58.5 cm³/mol. The zero-order chi connectivity index (χ0) is 12.4. The van der Waals surface area contributed by atoms with Crippen molar-refractivity contribution >= 4 is 11.5 Å². The van der Waals surface area contributed by atoms with Crippen molar-refractivity contribution in [1.29, 1.82) is 0 Å². The maximum Gasteiger partial charge on any atom is 0.277 e. The quantitative estimate of drug-likeness (QED) is 0.588. The van der Waals surface area contributed by atoms with Crippen LogP contribution in [-0.2, 0) is 11.2 Å². The highest BCUT2D eigenvalue weighted by atomic mass is 16.6. The first-order chi connectivity index (χ1) is 8.08. The summed E-state index contributed by atoms with van der Waals surface area (Å²) in [6, 6.07) is 2.82. The average Bonchev–Trinajstić information content (AvgIpc) is 2.27. The largest absolute Gasteiger partial charge is 0.486 e. The van der Waals surface area contributed by atoms with Crippen LogP contribution in [0.5, 0.6) is 11.5 Å². The van der Waals surface area contributed by atoms with Crippen LogP contribution in [0.3, 0.4) is 0 Å². The lowest BCUT2D eigenvalue weighted by atomic mass is 10.1.